The molecule has 1 aliphatic rings. The lowest BCUT2D eigenvalue weighted by atomic mass is 9.95. The molecule has 7 nitrogen and oxygen atoms in total. The van der Waals surface area contributed by atoms with Gasteiger partial charge in [0, 0.05) is 12.6 Å². The first-order valence-corrected chi connectivity index (χ1v) is 16.5. The van der Waals surface area contributed by atoms with Crippen molar-refractivity contribution in [2.75, 3.05) is 17.4 Å². The Labute approximate surface area is 254 Å². The molecule has 0 bridgehead atoms. The number of carbonyl (C=O) groups excluding carboxylic acids is 2. The Balaban J connectivity index is 1.67. The lowest BCUT2D eigenvalue weighted by Gasteiger charge is -2.34. The number of hydrogen-bond donors (Lipinski definition) is 1. The van der Waals surface area contributed by atoms with E-state index in [1.807, 2.05) is 44.2 Å². The summed E-state index contributed by atoms with van der Waals surface area (Å²) in [6, 6.07) is 22.2. The Hall–Kier alpha value is -3.36. The van der Waals surface area contributed by atoms with E-state index in [0.717, 1.165) is 41.1 Å². The summed E-state index contributed by atoms with van der Waals surface area (Å²) >= 11 is 6.50. The summed E-state index contributed by atoms with van der Waals surface area (Å²) < 4.78 is 29.0. The molecule has 1 saturated carbocycles. The second kappa shape index (κ2) is 14.7. The highest BCUT2D eigenvalue weighted by atomic mass is 35.5. The first-order valence-electron chi connectivity index (χ1n) is 14.7. The monoisotopic (exact) mass is 609 g/mol. The first kappa shape index (κ1) is 31.6. The highest BCUT2D eigenvalue weighted by Gasteiger charge is 2.34. The molecule has 4 rings (SSSR count). The largest absolute Gasteiger partial charge is 0.352 e. The van der Waals surface area contributed by atoms with Gasteiger partial charge in [-0.05, 0) is 62.4 Å². The number of benzene rings is 3. The van der Waals surface area contributed by atoms with Crippen LogP contribution in [-0.4, -0.2) is 50.3 Å². The summed E-state index contributed by atoms with van der Waals surface area (Å²) in [6.45, 7) is 3.52. The summed E-state index contributed by atoms with van der Waals surface area (Å²) in [6.07, 6.45) is 6.08. The van der Waals surface area contributed by atoms with Crippen LogP contribution >= 0.6 is 11.6 Å². The molecule has 0 heterocycles. The number of sulfonamides is 1. The van der Waals surface area contributed by atoms with E-state index in [0.29, 0.717) is 12.8 Å². The molecule has 3 aromatic rings. The third kappa shape index (κ3) is 7.92. The van der Waals surface area contributed by atoms with Gasteiger partial charge in [0.15, 0.2) is 0 Å². The van der Waals surface area contributed by atoms with Gasteiger partial charge in [0.05, 0.1) is 15.6 Å². The number of nitrogens with zero attached hydrogens (tertiary/aromatic N) is 2. The van der Waals surface area contributed by atoms with E-state index >= 15 is 0 Å². The molecule has 1 aliphatic carbocycles. The standard InChI is InChI=1S/C33H40ClN3O4S/c1-3-30(33(39)35-27-14-8-5-9-15-27)36(23-22-26-12-6-4-7-13-26)32(38)24-37(31-17-11-10-16-29(31)34)42(40,41)28-20-18-25(2)19-21-28/h4,6-7,10-13,16-21,27,30H,3,5,8-9,14-15,22-24H2,1-2H3,(H,35,39). The van der Waals surface area contributed by atoms with Gasteiger partial charge in [-0.2, -0.15) is 0 Å². The Morgan fingerprint density at radius 2 is 1.57 bits per heavy atom. The first-order chi connectivity index (χ1) is 20.2. The Morgan fingerprint density at radius 1 is 0.929 bits per heavy atom. The highest BCUT2D eigenvalue weighted by molar-refractivity contribution is 7.92. The second-order valence-corrected chi connectivity index (χ2v) is 13.1. The molecule has 1 atom stereocenters. The van der Waals surface area contributed by atoms with E-state index in [1.54, 1.807) is 41.3 Å². The van der Waals surface area contributed by atoms with Gasteiger partial charge in [-0.15, -0.1) is 0 Å². The zero-order valence-corrected chi connectivity index (χ0v) is 25.9. The number of hydrogen-bond acceptors (Lipinski definition) is 4. The maximum atomic E-state index is 14.2. The van der Waals surface area contributed by atoms with Crippen molar-refractivity contribution in [1.29, 1.82) is 0 Å². The van der Waals surface area contributed by atoms with Gasteiger partial charge in [-0.3, -0.25) is 13.9 Å². The molecule has 9 heteroatoms. The lowest BCUT2D eigenvalue weighted by molar-refractivity contribution is -0.140. The molecule has 3 aromatic carbocycles. The van der Waals surface area contributed by atoms with Crippen LogP contribution < -0.4 is 9.62 Å². The van der Waals surface area contributed by atoms with Crippen molar-refractivity contribution in [2.45, 2.75) is 75.8 Å². The molecule has 2 amide bonds. The fourth-order valence-electron chi connectivity index (χ4n) is 5.44. The number of aryl methyl sites for hydroxylation is 1. The molecule has 1 unspecified atom stereocenters. The second-order valence-electron chi connectivity index (χ2n) is 10.9. The van der Waals surface area contributed by atoms with Crippen molar-refractivity contribution in [1.82, 2.24) is 10.2 Å². The molecule has 0 aliphatic heterocycles. The van der Waals surface area contributed by atoms with Crippen molar-refractivity contribution in [3.05, 3.63) is 95.0 Å². The summed E-state index contributed by atoms with van der Waals surface area (Å²) in [4.78, 5) is 29.4. The van der Waals surface area contributed by atoms with E-state index in [9.17, 15) is 18.0 Å². The number of halogens is 1. The number of para-hydroxylation sites is 1. The number of carbonyl (C=O) groups is 2. The number of rotatable bonds is 12. The summed E-state index contributed by atoms with van der Waals surface area (Å²) in [7, 11) is -4.16. The van der Waals surface area contributed by atoms with Crippen molar-refractivity contribution >= 4 is 39.1 Å². The molecular formula is C33H40ClN3O4S. The van der Waals surface area contributed by atoms with Crippen LogP contribution in [0.25, 0.3) is 0 Å². The Kier molecular flexibility index (Phi) is 11.0. The van der Waals surface area contributed by atoms with Gasteiger partial charge in [-0.1, -0.05) is 97.9 Å². The van der Waals surface area contributed by atoms with E-state index in [4.69, 9.17) is 11.6 Å². The smallest absolute Gasteiger partial charge is 0.264 e. The van der Waals surface area contributed by atoms with Crippen molar-refractivity contribution in [3.63, 3.8) is 0 Å². The molecule has 0 radical (unpaired) electrons. The van der Waals surface area contributed by atoms with Gasteiger partial charge in [0.1, 0.15) is 12.6 Å². The average Bonchev–Trinajstić information content (AvgIpc) is 2.99. The van der Waals surface area contributed by atoms with Crippen LogP contribution in [0.3, 0.4) is 0 Å². The van der Waals surface area contributed by atoms with Crippen molar-refractivity contribution in [2.24, 2.45) is 0 Å². The molecule has 0 spiro atoms. The normalized spacial score (nSPS) is 14.6. The van der Waals surface area contributed by atoms with Gasteiger partial charge >= 0.3 is 0 Å². The van der Waals surface area contributed by atoms with E-state index < -0.39 is 28.5 Å². The number of nitrogens with one attached hydrogen (secondary N) is 1. The molecule has 1 N–H and O–H groups in total. The lowest BCUT2D eigenvalue weighted by Crippen LogP contribution is -2.54. The molecule has 0 saturated heterocycles. The molecule has 224 valence electrons. The van der Waals surface area contributed by atoms with Gasteiger partial charge in [0.2, 0.25) is 11.8 Å². The zero-order valence-electron chi connectivity index (χ0n) is 24.3. The van der Waals surface area contributed by atoms with Gasteiger partial charge < -0.3 is 10.2 Å². The zero-order chi connectivity index (χ0) is 30.1. The minimum absolute atomic E-state index is 0.0544. The highest BCUT2D eigenvalue weighted by Crippen LogP contribution is 2.31. The minimum Gasteiger partial charge on any atom is -0.352 e. The topological polar surface area (TPSA) is 86.8 Å². The van der Waals surface area contributed by atoms with E-state index in [2.05, 4.69) is 5.32 Å². The minimum atomic E-state index is -4.16. The SMILES string of the molecule is CCC(C(=O)NC1CCCCC1)N(CCc1ccccc1)C(=O)CN(c1ccccc1Cl)S(=O)(=O)c1ccc(C)cc1. The number of amides is 2. The molecule has 0 aromatic heterocycles. The molecular weight excluding hydrogens is 570 g/mol. The summed E-state index contributed by atoms with van der Waals surface area (Å²) in [5.74, 6) is -0.663. The summed E-state index contributed by atoms with van der Waals surface area (Å²) in [5, 5.41) is 3.38. The van der Waals surface area contributed by atoms with Crippen molar-refractivity contribution < 1.29 is 18.0 Å². The van der Waals surface area contributed by atoms with Gasteiger partial charge in [-0.25, -0.2) is 8.42 Å². The van der Waals surface area contributed by atoms with Crippen LogP contribution in [0.15, 0.2) is 83.8 Å². The quantitative estimate of drug-likeness (QED) is 0.267. The fourth-order valence-corrected chi connectivity index (χ4v) is 7.17. The van der Waals surface area contributed by atoms with Crippen LogP contribution in [0.1, 0.15) is 56.6 Å². The van der Waals surface area contributed by atoms with Crippen LogP contribution in [0, 0.1) is 6.92 Å². The van der Waals surface area contributed by atoms with Crippen LogP contribution in [0.2, 0.25) is 5.02 Å². The third-order valence-electron chi connectivity index (χ3n) is 7.83. The van der Waals surface area contributed by atoms with E-state index in [-0.39, 0.29) is 34.1 Å². The van der Waals surface area contributed by atoms with Crippen LogP contribution in [0.4, 0.5) is 5.69 Å². The van der Waals surface area contributed by atoms with Gasteiger partial charge in [0.25, 0.3) is 10.0 Å². The fraction of sp³-hybridized carbons (Fsp3) is 0.394. The number of anilines is 1. The third-order valence-corrected chi connectivity index (χ3v) is 9.92. The predicted molar refractivity (Wildman–Crippen MR) is 168 cm³/mol. The maximum absolute atomic E-state index is 14.2. The molecule has 42 heavy (non-hydrogen) atoms. The summed E-state index contributed by atoms with van der Waals surface area (Å²) in [5.41, 5.74) is 2.14. The molecule has 1 fully saturated rings. The van der Waals surface area contributed by atoms with E-state index in [1.165, 1.54) is 18.6 Å². The van der Waals surface area contributed by atoms with Crippen LogP contribution in [0.5, 0.6) is 0 Å². The van der Waals surface area contributed by atoms with Crippen molar-refractivity contribution in [3.8, 4) is 0 Å². The van der Waals surface area contributed by atoms with Crippen LogP contribution in [-0.2, 0) is 26.0 Å². The Morgan fingerprint density at radius 3 is 2.21 bits per heavy atom. The maximum Gasteiger partial charge on any atom is 0.264 e. The average molecular weight is 610 g/mol. The predicted octanol–water partition coefficient (Wildman–Crippen LogP) is 6.14. The Bertz CT molecular complexity index is 1440.